The van der Waals surface area contributed by atoms with E-state index in [1.54, 1.807) is 0 Å². The van der Waals surface area contributed by atoms with Gasteiger partial charge >= 0.3 is 5.97 Å². The van der Waals surface area contributed by atoms with Crippen LogP contribution in [-0.2, 0) is 16.0 Å². The number of hydrogen-bond acceptors (Lipinski definition) is 4. The van der Waals surface area contributed by atoms with Gasteiger partial charge in [-0.1, -0.05) is 19.1 Å². The van der Waals surface area contributed by atoms with Gasteiger partial charge in [0.25, 0.3) is 0 Å². The van der Waals surface area contributed by atoms with Crippen LogP contribution >= 0.6 is 0 Å². The van der Waals surface area contributed by atoms with Crippen LogP contribution in [0.2, 0.25) is 0 Å². The molecule has 1 atom stereocenters. The topological polar surface area (TPSA) is 61.5 Å². The first kappa shape index (κ1) is 13.5. The van der Waals surface area contributed by atoms with Crippen LogP contribution in [-0.4, -0.2) is 25.7 Å². The number of hydrogen-bond donors (Lipinski definition) is 1. The lowest BCUT2D eigenvalue weighted by Crippen LogP contribution is -2.33. The molecular weight excluding hydrogens is 218 g/mol. The first-order valence-corrected chi connectivity index (χ1v) is 5.72. The average Bonchev–Trinajstić information content (AvgIpc) is 2.37. The zero-order valence-electron chi connectivity index (χ0n) is 10.3. The van der Waals surface area contributed by atoms with Gasteiger partial charge in [-0.15, -0.1) is 0 Å². The predicted octanol–water partition coefficient (Wildman–Crippen LogP) is 1.52. The summed E-state index contributed by atoms with van der Waals surface area (Å²) in [4.78, 5) is 11.2. The lowest BCUT2D eigenvalue weighted by Gasteiger charge is -2.10. The third-order valence-corrected chi connectivity index (χ3v) is 2.36. The van der Waals surface area contributed by atoms with Crippen LogP contribution in [0.3, 0.4) is 0 Å². The van der Waals surface area contributed by atoms with E-state index < -0.39 is 12.0 Å². The number of carbonyl (C=O) groups is 1. The molecule has 0 amide bonds. The molecule has 0 spiro atoms. The fourth-order valence-electron chi connectivity index (χ4n) is 1.43. The highest BCUT2D eigenvalue weighted by Gasteiger charge is 2.13. The maximum Gasteiger partial charge on any atom is 0.322 e. The van der Waals surface area contributed by atoms with Gasteiger partial charge in [-0.3, -0.25) is 4.79 Å². The largest absolute Gasteiger partial charge is 0.494 e. The molecule has 0 heterocycles. The van der Waals surface area contributed by atoms with Gasteiger partial charge < -0.3 is 15.2 Å². The maximum atomic E-state index is 11.2. The summed E-state index contributed by atoms with van der Waals surface area (Å²) >= 11 is 0. The minimum Gasteiger partial charge on any atom is -0.494 e. The summed E-state index contributed by atoms with van der Waals surface area (Å²) in [6.45, 7) is 2.77. The van der Waals surface area contributed by atoms with Crippen molar-refractivity contribution < 1.29 is 14.3 Å². The Bertz CT molecular complexity index is 348. The Morgan fingerprint density at radius 1 is 1.35 bits per heavy atom. The van der Waals surface area contributed by atoms with Gasteiger partial charge in [-0.25, -0.2) is 0 Å². The monoisotopic (exact) mass is 237 g/mol. The van der Waals surface area contributed by atoms with Gasteiger partial charge in [0.05, 0.1) is 13.7 Å². The van der Waals surface area contributed by atoms with E-state index in [-0.39, 0.29) is 0 Å². The second kappa shape index (κ2) is 6.91. The molecule has 4 heteroatoms. The molecule has 0 aliphatic heterocycles. The van der Waals surface area contributed by atoms with Crippen molar-refractivity contribution in [2.75, 3.05) is 13.7 Å². The summed E-state index contributed by atoms with van der Waals surface area (Å²) in [5, 5.41) is 0. The molecule has 2 N–H and O–H groups in total. The van der Waals surface area contributed by atoms with Crippen molar-refractivity contribution in [3.8, 4) is 5.75 Å². The van der Waals surface area contributed by atoms with E-state index in [1.165, 1.54) is 7.11 Å². The van der Waals surface area contributed by atoms with E-state index in [1.807, 2.05) is 24.3 Å². The van der Waals surface area contributed by atoms with Crippen molar-refractivity contribution >= 4 is 5.97 Å². The van der Waals surface area contributed by atoms with E-state index in [0.717, 1.165) is 17.7 Å². The van der Waals surface area contributed by atoms with Crippen LogP contribution in [0.1, 0.15) is 18.9 Å². The summed E-state index contributed by atoms with van der Waals surface area (Å²) in [5.74, 6) is 0.443. The van der Waals surface area contributed by atoms with Crippen molar-refractivity contribution in [3.63, 3.8) is 0 Å². The third-order valence-electron chi connectivity index (χ3n) is 2.36. The van der Waals surface area contributed by atoms with Gasteiger partial charge in [0, 0.05) is 0 Å². The van der Waals surface area contributed by atoms with E-state index in [4.69, 9.17) is 10.5 Å². The van der Waals surface area contributed by atoms with Crippen LogP contribution in [0.4, 0.5) is 0 Å². The van der Waals surface area contributed by atoms with Gasteiger partial charge in [0.1, 0.15) is 11.8 Å². The number of methoxy groups -OCH3 is 1. The van der Waals surface area contributed by atoms with Crippen molar-refractivity contribution in [3.05, 3.63) is 29.8 Å². The van der Waals surface area contributed by atoms with Gasteiger partial charge in [0.2, 0.25) is 0 Å². The standard InChI is InChI=1S/C13H19NO3/c1-3-8-17-11-6-4-10(5-7-11)9-12(14)13(15)16-2/h4-7,12H,3,8-9,14H2,1-2H3. The van der Waals surface area contributed by atoms with Crippen molar-refractivity contribution in [1.82, 2.24) is 0 Å². The molecule has 94 valence electrons. The highest BCUT2D eigenvalue weighted by molar-refractivity contribution is 5.75. The van der Waals surface area contributed by atoms with Crippen LogP contribution < -0.4 is 10.5 Å². The molecule has 1 aromatic rings. The molecule has 1 unspecified atom stereocenters. The Balaban J connectivity index is 2.53. The summed E-state index contributed by atoms with van der Waals surface area (Å²) in [6, 6.07) is 6.98. The Labute approximate surface area is 102 Å². The zero-order chi connectivity index (χ0) is 12.7. The molecule has 17 heavy (non-hydrogen) atoms. The van der Waals surface area contributed by atoms with Crippen molar-refractivity contribution in [2.24, 2.45) is 5.73 Å². The second-order valence-corrected chi connectivity index (χ2v) is 3.83. The lowest BCUT2D eigenvalue weighted by atomic mass is 10.1. The Morgan fingerprint density at radius 3 is 2.53 bits per heavy atom. The summed E-state index contributed by atoms with van der Waals surface area (Å²) in [7, 11) is 1.34. The average molecular weight is 237 g/mol. The number of carbonyl (C=O) groups excluding carboxylic acids is 1. The van der Waals surface area contributed by atoms with Gasteiger partial charge in [-0.05, 0) is 30.5 Å². The van der Waals surface area contributed by atoms with Crippen LogP contribution in [0.5, 0.6) is 5.75 Å². The first-order valence-electron chi connectivity index (χ1n) is 5.72. The molecule has 4 nitrogen and oxygen atoms in total. The molecule has 0 saturated carbocycles. The first-order chi connectivity index (χ1) is 8.17. The number of ether oxygens (including phenoxy) is 2. The summed E-state index contributed by atoms with van der Waals surface area (Å²) < 4.78 is 10.0. The zero-order valence-corrected chi connectivity index (χ0v) is 10.3. The molecule has 0 aliphatic rings. The van der Waals surface area contributed by atoms with E-state index in [0.29, 0.717) is 13.0 Å². The molecule has 0 fully saturated rings. The fraction of sp³-hybridized carbons (Fsp3) is 0.462. The van der Waals surface area contributed by atoms with Gasteiger partial charge in [-0.2, -0.15) is 0 Å². The van der Waals surface area contributed by atoms with Crippen LogP contribution in [0.25, 0.3) is 0 Å². The SMILES string of the molecule is CCCOc1ccc(CC(N)C(=O)OC)cc1. The van der Waals surface area contributed by atoms with Crippen molar-refractivity contribution in [1.29, 1.82) is 0 Å². The normalized spacial score (nSPS) is 11.9. The number of nitrogens with two attached hydrogens (primary N) is 1. The number of rotatable bonds is 6. The number of benzene rings is 1. The maximum absolute atomic E-state index is 11.2. The highest BCUT2D eigenvalue weighted by atomic mass is 16.5. The predicted molar refractivity (Wildman–Crippen MR) is 65.9 cm³/mol. The minimum absolute atomic E-state index is 0.392. The smallest absolute Gasteiger partial charge is 0.322 e. The third kappa shape index (κ3) is 4.44. The summed E-state index contributed by atoms with van der Waals surface area (Å²) in [5.41, 5.74) is 6.66. The fourth-order valence-corrected chi connectivity index (χ4v) is 1.43. The highest BCUT2D eigenvalue weighted by Crippen LogP contribution is 2.13. The minimum atomic E-state index is -0.609. The lowest BCUT2D eigenvalue weighted by molar-refractivity contribution is -0.142. The van der Waals surface area contributed by atoms with E-state index in [2.05, 4.69) is 11.7 Å². The molecule has 0 saturated heterocycles. The molecule has 0 aromatic heterocycles. The van der Waals surface area contributed by atoms with Gasteiger partial charge in [0.15, 0.2) is 0 Å². The summed E-state index contributed by atoms with van der Waals surface area (Å²) in [6.07, 6.45) is 1.45. The molecule has 1 rings (SSSR count). The Kier molecular flexibility index (Phi) is 5.49. The van der Waals surface area contributed by atoms with Crippen LogP contribution in [0, 0.1) is 0 Å². The molecular formula is C13H19NO3. The van der Waals surface area contributed by atoms with E-state index in [9.17, 15) is 4.79 Å². The molecule has 1 aromatic carbocycles. The number of esters is 1. The second-order valence-electron chi connectivity index (χ2n) is 3.83. The molecule has 0 bridgehead atoms. The van der Waals surface area contributed by atoms with Crippen LogP contribution in [0.15, 0.2) is 24.3 Å². The molecule has 0 radical (unpaired) electrons. The molecule has 0 aliphatic carbocycles. The Morgan fingerprint density at radius 2 is 2.00 bits per heavy atom. The quantitative estimate of drug-likeness (QED) is 0.762. The van der Waals surface area contributed by atoms with E-state index >= 15 is 0 Å². The Hall–Kier alpha value is -1.55. The van der Waals surface area contributed by atoms with Crippen molar-refractivity contribution in [2.45, 2.75) is 25.8 Å².